The number of rotatable bonds is 4. The van der Waals surface area contributed by atoms with E-state index in [9.17, 15) is 8.42 Å². The van der Waals surface area contributed by atoms with Gasteiger partial charge in [-0.3, -0.25) is 0 Å². The molecule has 0 bridgehead atoms. The highest BCUT2D eigenvalue weighted by Gasteiger charge is 2.39. The van der Waals surface area contributed by atoms with Gasteiger partial charge in [0.05, 0.1) is 4.75 Å². The third kappa shape index (κ3) is 3.68. The molecule has 0 aromatic heterocycles. The van der Waals surface area contributed by atoms with Crippen LogP contribution in [0.1, 0.15) is 53.9 Å². The van der Waals surface area contributed by atoms with E-state index in [1.165, 1.54) is 0 Å². The standard InChI is InChI=1S/C13H28N2O2S/c1-11(2)14-10-12-8-6-7-9-15(12)18(16,17)13(3,4)5/h11-12,14H,6-10H2,1-5H3. The molecule has 108 valence electrons. The molecule has 5 heteroatoms. The Hall–Kier alpha value is -0.130. The first-order chi connectivity index (χ1) is 8.16. The van der Waals surface area contributed by atoms with Gasteiger partial charge in [0.15, 0.2) is 0 Å². The fraction of sp³-hybridized carbons (Fsp3) is 1.00. The Labute approximate surface area is 112 Å². The Morgan fingerprint density at radius 2 is 1.89 bits per heavy atom. The van der Waals surface area contributed by atoms with Gasteiger partial charge in [-0.15, -0.1) is 0 Å². The van der Waals surface area contributed by atoms with Crippen LogP contribution in [0, 0.1) is 0 Å². The van der Waals surface area contributed by atoms with Crippen molar-refractivity contribution < 1.29 is 8.42 Å². The maximum absolute atomic E-state index is 12.6. The lowest BCUT2D eigenvalue weighted by molar-refractivity contribution is 0.237. The number of sulfonamides is 1. The van der Waals surface area contributed by atoms with Crippen molar-refractivity contribution in [3.63, 3.8) is 0 Å². The van der Waals surface area contributed by atoms with Gasteiger partial charge < -0.3 is 5.32 Å². The Kier molecular flexibility index (Phi) is 5.21. The number of nitrogens with one attached hydrogen (secondary N) is 1. The van der Waals surface area contributed by atoms with Crippen molar-refractivity contribution in [2.24, 2.45) is 0 Å². The highest BCUT2D eigenvalue weighted by Crippen LogP contribution is 2.27. The number of hydrogen-bond donors (Lipinski definition) is 1. The van der Waals surface area contributed by atoms with Crippen LogP contribution < -0.4 is 5.32 Å². The van der Waals surface area contributed by atoms with Crippen LogP contribution in [0.3, 0.4) is 0 Å². The quantitative estimate of drug-likeness (QED) is 0.854. The number of nitrogens with zero attached hydrogens (tertiary/aromatic N) is 1. The second-order valence-electron chi connectivity index (χ2n) is 6.44. The Morgan fingerprint density at radius 3 is 2.39 bits per heavy atom. The van der Waals surface area contributed by atoms with Crippen molar-refractivity contribution in [3.8, 4) is 0 Å². The van der Waals surface area contributed by atoms with E-state index in [0.29, 0.717) is 12.6 Å². The predicted molar refractivity (Wildman–Crippen MR) is 76.2 cm³/mol. The molecule has 4 nitrogen and oxygen atoms in total. The molecule has 0 spiro atoms. The third-order valence-corrected chi connectivity index (χ3v) is 6.06. The molecular weight excluding hydrogens is 248 g/mol. The Morgan fingerprint density at radius 1 is 1.28 bits per heavy atom. The summed E-state index contributed by atoms with van der Waals surface area (Å²) in [5.41, 5.74) is 0. The van der Waals surface area contributed by atoms with Crippen LogP contribution in [0.5, 0.6) is 0 Å². The van der Waals surface area contributed by atoms with E-state index < -0.39 is 14.8 Å². The fourth-order valence-corrected chi connectivity index (χ4v) is 3.86. The molecule has 1 aliphatic heterocycles. The first-order valence-corrected chi connectivity index (χ1v) is 8.35. The predicted octanol–water partition coefficient (Wildman–Crippen LogP) is 1.97. The molecular formula is C13H28N2O2S. The molecule has 1 fully saturated rings. The molecule has 1 aliphatic rings. The Bertz CT molecular complexity index is 358. The van der Waals surface area contributed by atoms with Crippen LogP contribution in [0.2, 0.25) is 0 Å². The van der Waals surface area contributed by atoms with Gasteiger partial charge >= 0.3 is 0 Å². The largest absolute Gasteiger partial charge is 0.313 e. The highest BCUT2D eigenvalue weighted by molar-refractivity contribution is 7.90. The Balaban J connectivity index is 2.83. The van der Waals surface area contributed by atoms with E-state index in [1.807, 2.05) is 0 Å². The molecule has 0 aromatic carbocycles. The lowest BCUT2D eigenvalue weighted by Gasteiger charge is -2.39. The SMILES string of the molecule is CC(C)NCC1CCCCN1S(=O)(=O)C(C)(C)C. The molecule has 0 aliphatic carbocycles. The summed E-state index contributed by atoms with van der Waals surface area (Å²) in [6.07, 6.45) is 3.07. The summed E-state index contributed by atoms with van der Waals surface area (Å²) in [5.74, 6) is 0. The average molecular weight is 276 g/mol. The molecule has 0 radical (unpaired) electrons. The van der Waals surface area contributed by atoms with Crippen molar-refractivity contribution in [1.29, 1.82) is 0 Å². The molecule has 1 unspecified atom stereocenters. The van der Waals surface area contributed by atoms with E-state index in [1.54, 1.807) is 25.1 Å². The second kappa shape index (κ2) is 5.88. The van der Waals surface area contributed by atoms with Gasteiger partial charge in [-0.25, -0.2) is 8.42 Å². The summed E-state index contributed by atoms with van der Waals surface area (Å²) in [5, 5.41) is 3.36. The first-order valence-electron chi connectivity index (χ1n) is 6.91. The van der Waals surface area contributed by atoms with E-state index in [0.717, 1.165) is 25.8 Å². The van der Waals surface area contributed by atoms with Gasteiger partial charge in [0, 0.05) is 25.2 Å². The molecule has 1 heterocycles. The van der Waals surface area contributed by atoms with Gasteiger partial charge in [-0.1, -0.05) is 20.3 Å². The number of piperidine rings is 1. The van der Waals surface area contributed by atoms with Crippen LogP contribution in [-0.2, 0) is 10.0 Å². The van der Waals surface area contributed by atoms with Crippen molar-refractivity contribution in [2.45, 2.75) is 70.7 Å². The summed E-state index contributed by atoms with van der Waals surface area (Å²) in [6.45, 7) is 10.9. The van der Waals surface area contributed by atoms with E-state index in [-0.39, 0.29) is 6.04 Å². The van der Waals surface area contributed by atoms with E-state index >= 15 is 0 Å². The zero-order valence-corrected chi connectivity index (χ0v) is 13.2. The van der Waals surface area contributed by atoms with Crippen LogP contribution in [-0.4, -0.2) is 42.6 Å². The van der Waals surface area contributed by atoms with Crippen LogP contribution in [0.25, 0.3) is 0 Å². The van der Waals surface area contributed by atoms with E-state index in [4.69, 9.17) is 0 Å². The van der Waals surface area contributed by atoms with Crippen molar-refractivity contribution in [1.82, 2.24) is 9.62 Å². The monoisotopic (exact) mass is 276 g/mol. The van der Waals surface area contributed by atoms with Crippen LogP contribution in [0.15, 0.2) is 0 Å². The zero-order chi connectivity index (χ0) is 14.0. The summed E-state index contributed by atoms with van der Waals surface area (Å²) in [7, 11) is -3.20. The minimum Gasteiger partial charge on any atom is -0.313 e. The maximum Gasteiger partial charge on any atom is 0.219 e. The lowest BCUT2D eigenvalue weighted by Crippen LogP contribution is -2.53. The summed E-state index contributed by atoms with van der Waals surface area (Å²) in [4.78, 5) is 0. The van der Waals surface area contributed by atoms with Gasteiger partial charge in [0.25, 0.3) is 0 Å². The minimum atomic E-state index is -3.20. The van der Waals surface area contributed by atoms with Gasteiger partial charge in [-0.05, 0) is 33.6 Å². The molecule has 1 atom stereocenters. The topological polar surface area (TPSA) is 49.4 Å². The molecule has 0 amide bonds. The molecule has 0 saturated carbocycles. The molecule has 18 heavy (non-hydrogen) atoms. The van der Waals surface area contributed by atoms with Crippen LogP contribution in [0.4, 0.5) is 0 Å². The van der Waals surface area contributed by atoms with Gasteiger partial charge in [-0.2, -0.15) is 4.31 Å². The van der Waals surface area contributed by atoms with Crippen molar-refractivity contribution >= 4 is 10.0 Å². The summed E-state index contributed by atoms with van der Waals surface area (Å²) in [6, 6.07) is 0.511. The minimum absolute atomic E-state index is 0.116. The van der Waals surface area contributed by atoms with Gasteiger partial charge in [0.2, 0.25) is 10.0 Å². The third-order valence-electron chi connectivity index (χ3n) is 3.42. The number of hydrogen-bond acceptors (Lipinski definition) is 3. The average Bonchev–Trinajstić information content (AvgIpc) is 2.25. The molecule has 1 N–H and O–H groups in total. The normalized spacial score (nSPS) is 23.6. The van der Waals surface area contributed by atoms with Gasteiger partial charge in [0.1, 0.15) is 0 Å². The molecule has 1 saturated heterocycles. The zero-order valence-electron chi connectivity index (χ0n) is 12.4. The van der Waals surface area contributed by atoms with Crippen LogP contribution >= 0.6 is 0 Å². The maximum atomic E-state index is 12.6. The first kappa shape index (κ1) is 15.9. The molecule has 1 rings (SSSR count). The summed E-state index contributed by atoms with van der Waals surface area (Å²) < 4.78 is 26.1. The van der Waals surface area contributed by atoms with E-state index in [2.05, 4.69) is 19.2 Å². The smallest absolute Gasteiger partial charge is 0.219 e. The highest BCUT2D eigenvalue weighted by atomic mass is 32.2. The van der Waals surface area contributed by atoms with Crippen molar-refractivity contribution in [3.05, 3.63) is 0 Å². The lowest BCUT2D eigenvalue weighted by atomic mass is 10.0. The van der Waals surface area contributed by atoms with Crippen molar-refractivity contribution in [2.75, 3.05) is 13.1 Å². The summed E-state index contributed by atoms with van der Waals surface area (Å²) >= 11 is 0. The molecule has 0 aromatic rings. The second-order valence-corrected chi connectivity index (χ2v) is 9.08. The fourth-order valence-electron chi connectivity index (χ4n) is 2.22.